The molecule has 0 aromatic heterocycles. The predicted molar refractivity (Wildman–Crippen MR) is 146 cm³/mol. The van der Waals surface area contributed by atoms with Gasteiger partial charge in [-0.15, -0.1) is 11.8 Å². The minimum Gasteiger partial charge on any atom is -0.338 e. The van der Waals surface area contributed by atoms with Gasteiger partial charge in [-0.1, -0.05) is 67.6 Å². The second-order valence-corrected chi connectivity index (χ2v) is 9.31. The Morgan fingerprint density at radius 3 is 2.00 bits per heavy atom. The van der Waals surface area contributed by atoms with Crippen molar-refractivity contribution in [2.45, 2.75) is 37.6 Å². The summed E-state index contributed by atoms with van der Waals surface area (Å²) in [5, 5.41) is 2.97. The molecule has 184 valence electrons. The lowest BCUT2D eigenvalue weighted by atomic mass is 10.1. The van der Waals surface area contributed by atoms with Crippen molar-refractivity contribution in [3.8, 4) is 0 Å². The van der Waals surface area contributed by atoms with Gasteiger partial charge in [0.15, 0.2) is 0 Å². The molecule has 1 N–H and O–H groups in total. The van der Waals surface area contributed by atoms with Gasteiger partial charge in [-0.2, -0.15) is 0 Å². The number of hydrogen-bond donors (Lipinski definition) is 1. The molecule has 6 heteroatoms. The molecule has 0 unspecified atom stereocenters. The first-order valence-corrected chi connectivity index (χ1v) is 13.4. The molecule has 3 rings (SSSR count). The number of carbonyl (C=O) groups is 2. The van der Waals surface area contributed by atoms with Crippen LogP contribution in [0.3, 0.4) is 0 Å². The Labute approximate surface area is 213 Å². The number of nitrogens with one attached hydrogen (secondary N) is 1. The lowest BCUT2D eigenvalue weighted by Gasteiger charge is -2.26. The van der Waals surface area contributed by atoms with Crippen LogP contribution in [0.15, 0.2) is 89.8 Å². The predicted octanol–water partition coefficient (Wildman–Crippen LogP) is 6.31. The molecule has 35 heavy (non-hydrogen) atoms. The molecule has 0 aliphatic carbocycles. The molecule has 0 spiro atoms. The zero-order valence-corrected chi connectivity index (χ0v) is 21.5. The summed E-state index contributed by atoms with van der Waals surface area (Å²) in [4.78, 5) is 31.0. The normalized spacial score (nSPS) is 10.6. The van der Waals surface area contributed by atoms with Gasteiger partial charge in [-0.3, -0.25) is 4.79 Å². The summed E-state index contributed by atoms with van der Waals surface area (Å²) in [5.41, 5.74) is 3.07. The fourth-order valence-electron chi connectivity index (χ4n) is 3.85. The Kier molecular flexibility index (Phi) is 10.7. The van der Waals surface area contributed by atoms with Crippen LogP contribution in [0.25, 0.3) is 0 Å². The second-order valence-electron chi connectivity index (χ2n) is 8.43. The summed E-state index contributed by atoms with van der Waals surface area (Å²) in [7, 11) is 0. The van der Waals surface area contributed by atoms with Gasteiger partial charge in [0, 0.05) is 43.2 Å². The topological polar surface area (TPSA) is 52.7 Å². The summed E-state index contributed by atoms with van der Waals surface area (Å²) < 4.78 is 0. The molecule has 0 atom stereocenters. The largest absolute Gasteiger partial charge is 0.338 e. The highest BCUT2D eigenvalue weighted by Crippen LogP contribution is 2.18. The summed E-state index contributed by atoms with van der Waals surface area (Å²) in [6.45, 7) is 4.23. The minimum absolute atomic E-state index is 0.0583. The van der Waals surface area contributed by atoms with Crippen molar-refractivity contribution in [1.82, 2.24) is 9.80 Å². The first-order valence-electron chi connectivity index (χ1n) is 12.1. The molecule has 3 aromatic rings. The number of amides is 3. The maximum atomic E-state index is 13.3. The number of rotatable bonds is 12. The van der Waals surface area contributed by atoms with E-state index in [1.54, 1.807) is 16.7 Å². The van der Waals surface area contributed by atoms with Crippen LogP contribution in [0.2, 0.25) is 0 Å². The summed E-state index contributed by atoms with van der Waals surface area (Å²) >= 11 is 1.66. The average molecular weight is 490 g/mol. The van der Waals surface area contributed by atoms with Crippen molar-refractivity contribution < 1.29 is 9.59 Å². The van der Waals surface area contributed by atoms with Crippen molar-refractivity contribution in [1.29, 1.82) is 0 Å². The van der Waals surface area contributed by atoms with Gasteiger partial charge in [0.2, 0.25) is 5.91 Å². The molecule has 0 radical (unpaired) electrons. The smallest absolute Gasteiger partial charge is 0.321 e. The standard InChI is InChI=1S/C29H35N3O2S/c1-3-20-31(29(34)30-26-14-16-27(35-2)17-15-26)22-19-28(33)32(23-25-12-8-5-9-13-25)21-18-24-10-6-4-7-11-24/h4-17H,3,18-23H2,1-2H3,(H,30,34). The lowest BCUT2D eigenvalue weighted by molar-refractivity contribution is -0.132. The van der Waals surface area contributed by atoms with E-state index in [0.717, 1.165) is 29.0 Å². The van der Waals surface area contributed by atoms with Crippen molar-refractivity contribution in [2.75, 3.05) is 31.2 Å². The quantitative estimate of drug-likeness (QED) is 0.303. The molecule has 0 aliphatic heterocycles. The molecule has 5 nitrogen and oxygen atoms in total. The van der Waals surface area contributed by atoms with Gasteiger partial charge >= 0.3 is 6.03 Å². The first-order chi connectivity index (χ1) is 17.1. The first kappa shape index (κ1) is 26.4. The number of nitrogens with zero attached hydrogens (tertiary/aromatic N) is 2. The molecule has 0 saturated carbocycles. The van der Waals surface area contributed by atoms with Gasteiger partial charge < -0.3 is 15.1 Å². The number of hydrogen-bond acceptors (Lipinski definition) is 3. The van der Waals surface area contributed by atoms with Gasteiger partial charge in [0.05, 0.1) is 0 Å². The molecule has 0 aliphatic rings. The van der Waals surface area contributed by atoms with E-state index in [1.165, 1.54) is 5.56 Å². The third kappa shape index (κ3) is 8.80. The Morgan fingerprint density at radius 2 is 1.40 bits per heavy atom. The lowest BCUT2D eigenvalue weighted by Crippen LogP contribution is -2.40. The molecule has 0 bridgehead atoms. The zero-order valence-electron chi connectivity index (χ0n) is 20.7. The molecule has 0 heterocycles. The third-order valence-corrected chi connectivity index (χ3v) is 6.54. The summed E-state index contributed by atoms with van der Waals surface area (Å²) in [5.74, 6) is 0.0583. The number of thioether (sulfide) groups is 1. The van der Waals surface area contributed by atoms with Gasteiger partial charge in [0.1, 0.15) is 0 Å². The number of carbonyl (C=O) groups excluding carboxylic acids is 2. The second kappa shape index (κ2) is 14.2. The molecular formula is C29H35N3O2S. The highest BCUT2D eigenvalue weighted by molar-refractivity contribution is 7.98. The van der Waals surface area contributed by atoms with E-state index in [1.807, 2.05) is 90.9 Å². The van der Waals surface area contributed by atoms with Crippen molar-refractivity contribution in [2.24, 2.45) is 0 Å². The van der Waals surface area contributed by atoms with Crippen LogP contribution < -0.4 is 5.32 Å². The van der Waals surface area contributed by atoms with Crippen LogP contribution in [0, 0.1) is 0 Å². The fourth-order valence-corrected chi connectivity index (χ4v) is 4.26. The zero-order chi connectivity index (χ0) is 24.9. The van der Waals surface area contributed by atoms with E-state index in [0.29, 0.717) is 32.6 Å². The monoisotopic (exact) mass is 489 g/mol. The third-order valence-electron chi connectivity index (χ3n) is 5.80. The van der Waals surface area contributed by atoms with Crippen LogP contribution in [-0.2, 0) is 17.8 Å². The molecule has 3 aromatic carbocycles. The van der Waals surface area contributed by atoms with Crippen LogP contribution in [-0.4, -0.2) is 47.6 Å². The SMILES string of the molecule is CCCN(CCC(=O)N(CCc1ccccc1)Cc1ccccc1)C(=O)Nc1ccc(SC)cc1. The minimum atomic E-state index is -0.171. The van der Waals surface area contributed by atoms with Crippen molar-refractivity contribution >= 4 is 29.4 Å². The fraction of sp³-hybridized carbons (Fsp3) is 0.310. The van der Waals surface area contributed by atoms with Crippen molar-refractivity contribution in [3.63, 3.8) is 0 Å². The van der Waals surface area contributed by atoms with Crippen LogP contribution >= 0.6 is 11.8 Å². The maximum Gasteiger partial charge on any atom is 0.321 e. The Bertz CT molecular complexity index is 1040. The number of anilines is 1. The molecule has 0 saturated heterocycles. The Hall–Kier alpha value is -3.25. The van der Waals surface area contributed by atoms with Crippen molar-refractivity contribution in [3.05, 3.63) is 96.1 Å². The van der Waals surface area contributed by atoms with Gasteiger partial charge in [0.25, 0.3) is 0 Å². The van der Waals surface area contributed by atoms with E-state index < -0.39 is 0 Å². The Balaban J connectivity index is 1.62. The highest BCUT2D eigenvalue weighted by atomic mass is 32.2. The van der Waals surface area contributed by atoms with Crippen LogP contribution in [0.1, 0.15) is 30.9 Å². The van der Waals surface area contributed by atoms with E-state index in [2.05, 4.69) is 17.4 Å². The Morgan fingerprint density at radius 1 is 0.771 bits per heavy atom. The summed E-state index contributed by atoms with van der Waals surface area (Å²) in [6.07, 6.45) is 3.94. The maximum absolute atomic E-state index is 13.3. The highest BCUT2D eigenvalue weighted by Gasteiger charge is 2.18. The number of benzene rings is 3. The number of urea groups is 1. The van der Waals surface area contributed by atoms with E-state index in [-0.39, 0.29) is 11.9 Å². The molecule has 3 amide bonds. The van der Waals surface area contributed by atoms with Gasteiger partial charge in [-0.05, 0) is 54.5 Å². The molecular weight excluding hydrogens is 454 g/mol. The average Bonchev–Trinajstić information content (AvgIpc) is 2.90. The molecule has 0 fully saturated rings. The van der Waals surface area contributed by atoms with Crippen LogP contribution in [0.5, 0.6) is 0 Å². The van der Waals surface area contributed by atoms with E-state index in [4.69, 9.17) is 0 Å². The van der Waals surface area contributed by atoms with Gasteiger partial charge in [-0.25, -0.2) is 4.79 Å². The van der Waals surface area contributed by atoms with Crippen LogP contribution in [0.4, 0.5) is 10.5 Å². The summed E-state index contributed by atoms with van der Waals surface area (Å²) in [6, 6.07) is 27.9. The van der Waals surface area contributed by atoms with E-state index >= 15 is 0 Å². The van der Waals surface area contributed by atoms with E-state index in [9.17, 15) is 9.59 Å².